The standard InChI is InChI=1S/C25H28N4O2/c26-17-18-4-3-5-19(14-18)29-11-9-28(10-12-29)8-1-2-13-31-20-6-7-21-22-16-23(22)25(30)27-24(21)15-20/h3-7,14-15,22-23H,1-2,8-13,16H2,(H,27,30). The van der Waals surface area contributed by atoms with Crippen LogP contribution in [-0.2, 0) is 4.79 Å². The van der Waals surface area contributed by atoms with Crippen LogP contribution in [0.25, 0.3) is 0 Å². The van der Waals surface area contributed by atoms with Crippen LogP contribution < -0.4 is 15.0 Å². The molecule has 1 amide bonds. The second-order valence-corrected chi connectivity index (χ2v) is 8.73. The Labute approximate surface area is 183 Å². The summed E-state index contributed by atoms with van der Waals surface area (Å²) in [7, 11) is 0. The molecule has 2 aromatic rings. The fraction of sp³-hybridized carbons (Fsp3) is 0.440. The average Bonchev–Trinajstić information content (AvgIpc) is 3.61. The maximum atomic E-state index is 11.9. The lowest BCUT2D eigenvalue weighted by atomic mass is 10.0. The van der Waals surface area contributed by atoms with Crippen LogP contribution in [0.4, 0.5) is 11.4 Å². The van der Waals surface area contributed by atoms with Gasteiger partial charge in [-0.25, -0.2) is 0 Å². The summed E-state index contributed by atoms with van der Waals surface area (Å²) >= 11 is 0. The molecule has 0 radical (unpaired) electrons. The van der Waals surface area contributed by atoms with Crippen molar-refractivity contribution >= 4 is 17.3 Å². The number of unbranched alkanes of at least 4 members (excludes halogenated alkanes) is 1. The molecule has 160 valence electrons. The number of ether oxygens (including phenoxy) is 1. The lowest BCUT2D eigenvalue weighted by Gasteiger charge is -2.36. The molecule has 1 aliphatic carbocycles. The summed E-state index contributed by atoms with van der Waals surface area (Å²) in [5.41, 5.74) is 4.05. The van der Waals surface area contributed by atoms with Crippen molar-refractivity contribution < 1.29 is 9.53 Å². The van der Waals surface area contributed by atoms with E-state index in [1.165, 1.54) is 5.56 Å². The number of carbonyl (C=O) groups excluding carboxylic acids is 1. The van der Waals surface area contributed by atoms with E-state index in [9.17, 15) is 4.79 Å². The van der Waals surface area contributed by atoms with Crippen LogP contribution in [0.5, 0.6) is 5.75 Å². The molecule has 1 saturated heterocycles. The number of nitrogens with one attached hydrogen (secondary N) is 1. The molecular formula is C25H28N4O2. The van der Waals surface area contributed by atoms with Gasteiger partial charge in [0.2, 0.25) is 5.91 Å². The number of anilines is 2. The smallest absolute Gasteiger partial charge is 0.228 e. The Hall–Kier alpha value is -3.04. The Morgan fingerprint density at radius 3 is 2.77 bits per heavy atom. The predicted octanol–water partition coefficient (Wildman–Crippen LogP) is 3.60. The van der Waals surface area contributed by atoms with E-state index in [1.54, 1.807) is 0 Å². The van der Waals surface area contributed by atoms with E-state index in [0.717, 1.165) is 74.7 Å². The minimum absolute atomic E-state index is 0.160. The molecule has 2 aromatic carbocycles. The lowest BCUT2D eigenvalue weighted by molar-refractivity contribution is -0.117. The molecule has 2 aliphatic heterocycles. The van der Waals surface area contributed by atoms with Gasteiger partial charge in [-0.05, 0) is 61.6 Å². The van der Waals surface area contributed by atoms with Gasteiger partial charge >= 0.3 is 0 Å². The first-order valence-corrected chi connectivity index (χ1v) is 11.3. The molecule has 6 heteroatoms. The second kappa shape index (κ2) is 8.60. The number of amides is 1. The first-order chi connectivity index (χ1) is 15.2. The third-order valence-corrected chi connectivity index (χ3v) is 6.66. The summed E-state index contributed by atoms with van der Waals surface area (Å²) in [5.74, 6) is 1.62. The van der Waals surface area contributed by atoms with Crippen molar-refractivity contribution in [2.24, 2.45) is 5.92 Å². The molecule has 2 atom stereocenters. The quantitative estimate of drug-likeness (QED) is 0.699. The van der Waals surface area contributed by atoms with Gasteiger partial charge in [0.05, 0.1) is 18.2 Å². The molecule has 31 heavy (non-hydrogen) atoms. The first-order valence-electron chi connectivity index (χ1n) is 11.3. The molecule has 0 aromatic heterocycles. The maximum absolute atomic E-state index is 11.9. The number of rotatable bonds is 7. The Balaban J connectivity index is 1.02. The molecule has 2 heterocycles. The van der Waals surface area contributed by atoms with Crippen molar-refractivity contribution in [2.75, 3.05) is 49.5 Å². The fourth-order valence-corrected chi connectivity index (χ4v) is 4.74. The maximum Gasteiger partial charge on any atom is 0.228 e. The molecule has 5 rings (SSSR count). The van der Waals surface area contributed by atoms with Crippen molar-refractivity contribution in [1.82, 2.24) is 4.90 Å². The van der Waals surface area contributed by atoms with Crippen molar-refractivity contribution in [3.05, 3.63) is 53.6 Å². The lowest BCUT2D eigenvalue weighted by Crippen LogP contribution is -2.46. The Kier molecular flexibility index (Phi) is 5.52. The van der Waals surface area contributed by atoms with Gasteiger partial charge in [0.15, 0.2) is 0 Å². The van der Waals surface area contributed by atoms with Crippen LogP contribution in [0.3, 0.4) is 0 Å². The van der Waals surface area contributed by atoms with Crippen LogP contribution in [0.2, 0.25) is 0 Å². The number of hydrogen-bond donors (Lipinski definition) is 1. The zero-order valence-electron chi connectivity index (χ0n) is 17.7. The van der Waals surface area contributed by atoms with Gasteiger partial charge in [-0.15, -0.1) is 0 Å². The number of nitriles is 1. The number of carbonyl (C=O) groups is 1. The van der Waals surface area contributed by atoms with E-state index in [-0.39, 0.29) is 11.8 Å². The molecule has 0 spiro atoms. The third-order valence-electron chi connectivity index (χ3n) is 6.66. The van der Waals surface area contributed by atoms with Gasteiger partial charge in [-0.2, -0.15) is 5.26 Å². The average molecular weight is 417 g/mol. The highest BCUT2D eigenvalue weighted by molar-refractivity contribution is 5.99. The van der Waals surface area contributed by atoms with Gasteiger partial charge in [0.25, 0.3) is 0 Å². The molecule has 2 unspecified atom stereocenters. The Morgan fingerprint density at radius 2 is 1.94 bits per heavy atom. The number of hydrogen-bond acceptors (Lipinski definition) is 5. The van der Waals surface area contributed by atoms with E-state index in [2.05, 4.69) is 33.3 Å². The fourth-order valence-electron chi connectivity index (χ4n) is 4.74. The van der Waals surface area contributed by atoms with E-state index < -0.39 is 0 Å². The molecule has 1 saturated carbocycles. The second-order valence-electron chi connectivity index (χ2n) is 8.73. The molecule has 3 aliphatic rings. The van der Waals surface area contributed by atoms with E-state index >= 15 is 0 Å². The number of nitrogens with zero attached hydrogens (tertiary/aromatic N) is 3. The van der Waals surface area contributed by atoms with Gasteiger partial charge in [0, 0.05) is 49.5 Å². The molecule has 6 nitrogen and oxygen atoms in total. The molecule has 1 N–H and O–H groups in total. The monoisotopic (exact) mass is 416 g/mol. The summed E-state index contributed by atoms with van der Waals surface area (Å²) in [4.78, 5) is 16.8. The minimum atomic E-state index is 0.160. The van der Waals surface area contributed by atoms with Crippen LogP contribution in [0, 0.1) is 17.2 Å². The van der Waals surface area contributed by atoms with Crippen LogP contribution in [0.15, 0.2) is 42.5 Å². The largest absolute Gasteiger partial charge is 0.494 e. The van der Waals surface area contributed by atoms with E-state index in [0.29, 0.717) is 12.5 Å². The summed E-state index contributed by atoms with van der Waals surface area (Å²) in [6, 6.07) is 16.2. The number of piperazine rings is 1. The molecule has 0 bridgehead atoms. The topological polar surface area (TPSA) is 68.6 Å². The summed E-state index contributed by atoms with van der Waals surface area (Å²) in [5, 5.41) is 12.1. The van der Waals surface area contributed by atoms with Crippen LogP contribution in [-0.4, -0.2) is 50.1 Å². The van der Waals surface area contributed by atoms with E-state index in [4.69, 9.17) is 10.00 Å². The number of fused-ring (bicyclic) bond motifs is 3. The minimum Gasteiger partial charge on any atom is -0.494 e. The highest BCUT2D eigenvalue weighted by Crippen LogP contribution is 2.53. The number of benzene rings is 2. The predicted molar refractivity (Wildman–Crippen MR) is 120 cm³/mol. The van der Waals surface area contributed by atoms with Crippen molar-refractivity contribution in [1.29, 1.82) is 5.26 Å². The summed E-state index contributed by atoms with van der Waals surface area (Å²) in [6.07, 6.45) is 3.10. The van der Waals surface area contributed by atoms with Gasteiger partial charge in [-0.1, -0.05) is 12.1 Å². The third kappa shape index (κ3) is 4.38. The Bertz CT molecular complexity index is 1010. The normalized spacial score (nSPS) is 22.2. The van der Waals surface area contributed by atoms with Crippen LogP contribution >= 0.6 is 0 Å². The van der Waals surface area contributed by atoms with Crippen molar-refractivity contribution in [3.8, 4) is 11.8 Å². The Morgan fingerprint density at radius 1 is 1.06 bits per heavy atom. The first kappa shape index (κ1) is 19.9. The SMILES string of the molecule is N#Cc1cccc(N2CCN(CCCCOc3ccc4c(c3)NC(=O)C3CC43)CC2)c1. The van der Waals surface area contributed by atoms with Crippen molar-refractivity contribution in [3.63, 3.8) is 0 Å². The van der Waals surface area contributed by atoms with Gasteiger partial charge in [0.1, 0.15) is 5.75 Å². The molecular weight excluding hydrogens is 388 g/mol. The molecule has 2 fully saturated rings. The zero-order valence-corrected chi connectivity index (χ0v) is 17.7. The highest BCUT2D eigenvalue weighted by atomic mass is 16.5. The summed E-state index contributed by atoms with van der Waals surface area (Å²) < 4.78 is 5.94. The zero-order chi connectivity index (χ0) is 21.2. The highest BCUT2D eigenvalue weighted by Gasteiger charge is 2.48. The van der Waals surface area contributed by atoms with Crippen molar-refractivity contribution in [2.45, 2.75) is 25.2 Å². The van der Waals surface area contributed by atoms with Gasteiger partial charge < -0.3 is 15.0 Å². The van der Waals surface area contributed by atoms with Gasteiger partial charge in [-0.3, -0.25) is 9.69 Å². The van der Waals surface area contributed by atoms with E-state index in [1.807, 2.05) is 30.3 Å². The van der Waals surface area contributed by atoms with Crippen LogP contribution in [0.1, 0.15) is 36.3 Å². The summed E-state index contributed by atoms with van der Waals surface area (Å²) in [6.45, 7) is 5.86.